The summed E-state index contributed by atoms with van der Waals surface area (Å²) in [5.74, 6) is 0.929. The van der Waals surface area contributed by atoms with E-state index in [9.17, 15) is 9.59 Å². The lowest BCUT2D eigenvalue weighted by Crippen LogP contribution is -2.40. The molecule has 1 unspecified atom stereocenters. The summed E-state index contributed by atoms with van der Waals surface area (Å²) >= 11 is 6.24. The minimum Gasteiger partial charge on any atom is -0.493 e. The molecule has 0 bridgehead atoms. The number of carbonyl (C=O) groups excluding carboxylic acids is 2. The molecule has 0 N–H and O–H groups in total. The Hall–Kier alpha value is -2.73. The van der Waals surface area contributed by atoms with Crippen LogP contribution in [-0.4, -0.2) is 44.0 Å². The first kappa shape index (κ1) is 19.6. The fourth-order valence-electron chi connectivity index (χ4n) is 4.11. The van der Waals surface area contributed by atoms with Gasteiger partial charge in [-0.25, -0.2) is 0 Å². The Labute approximate surface area is 174 Å². The highest BCUT2D eigenvalue weighted by Crippen LogP contribution is 2.35. The number of methoxy groups -OCH3 is 2. The average molecular weight is 415 g/mol. The SMILES string of the molecule is COc1cc2c(cc1OC)CN(C(=O)C1CC(=O)N(c3ccccc3Cl)C1)CC2. The number of benzene rings is 2. The van der Waals surface area contributed by atoms with Gasteiger partial charge in [0.1, 0.15) is 0 Å². The smallest absolute Gasteiger partial charge is 0.228 e. The first-order valence-electron chi connectivity index (χ1n) is 9.59. The summed E-state index contributed by atoms with van der Waals surface area (Å²) in [6.07, 6.45) is 0.954. The maximum absolute atomic E-state index is 13.2. The van der Waals surface area contributed by atoms with E-state index in [1.54, 1.807) is 25.2 Å². The predicted molar refractivity (Wildman–Crippen MR) is 111 cm³/mol. The second-order valence-electron chi connectivity index (χ2n) is 7.34. The Kier molecular flexibility index (Phi) is 5.37. The molecule has 1 fully saturated rings. The zero-order chi connectivity index (χ0) is 20.5. The van der Waals surface area contributed by atoms with Crippen molar-refractivity contribution in [3.05, 3.63) is 52.5 Å². The standard InChI is InChI=1S/C22H23ClN2O4/c1-28-19-9-14-7-8-24(12-15(14)10-20(19)29-2)22(27)16-11-21(26)25(13-16)18-6-4-3-5-17(18)23/h3-6,9-10,16H,7-8,11-13H2,1-2H3. The largest absolute Gasteiger partial charge is 0.493 e. The summed E-state index contributed by atoms with van der Waals surface area (Å²) in [5, 5.41) is 0.516. The van der Waals surface area contributed by atoms with Crippen LogP contribution in [0.25, 0.3) is 0 Å². The third-order valence-corrected chi connectivity index (χ3v) is 5.97. The van der Waals surface area contributed by atoms with Crippen LogP contribution in [0.5, 0.6) is 11.5 Å². The van der Waals surface area contributed by atoms with Crippen molar-refractivity contribution in [2.45, 2.75) is 19.4 Å². The summed E-state index contributed by atoms with van der Waals surface area (Å²) in [6, 6.07) is 11.1. The highest BCUT2D eigenvalue weighted by atomic mass is 35.5. The van der Waals surface area contributed by atoms with Crippen molar-refractivity contribution < 1.29 is 19.1 Å². The van der Waals surface area contributed by atoms with Gasteiger partial charge in [-0.2, -0.15) is 0 Å². The average Bonchev–Trinajstić information content (AvgIpc) is 3.13. The maximum Gasteiger partial charge on any atom is 0.228 e. The molecule has 29 heavy (non-hydrogen) atoms. The maximum atomic E-state index is 13.2. The van der Waals surface area contributed by atoms with Crippen LogP contribution in [0.2, 0.25) is 5.02 Å². The number of carbonyl (C=O) groups is 2. The van der Waals surface area contributed by atoms with Crippen LogP contribution >= 0.6 is 11.6 Å². The van der Waals surface area contributed by atoms with Crippen LogP contribution < -0.4 is 14.4 Å². The molecular formula is C22H23ClN2O4. The molecule has 0 radical (unpaired) electrons. The number of ether oxygens (including phenoxy) is 2. The molecule has 1 saturated heterocycles. The van der Waals surface area contributed by atoms with Gasteiger partial charge in [0.05, 0.1) is 30.8 Å². The van der Waals surface area contributed by atoms with E-state index in [1.807, 2.05) is 35.2 Å². The van der Waals surface area contributed by atoms with E-state index in [-0.39, 0.29) is 24.2 Å². The third kappa shape index (κ3) is 3.65. The van der Waals surface area contributed by atoms with E-state index >= 15 is 0 Å². The van der Waals surface area contributed by atoms with Crippen molar-refractivity contribution >= 4 is 29.1 Å². The molecule has 7 heteroatoms. The topological polar surface area (TPSA) is 59.1 Å². The van der Waals surface area contributed by atoms with Gasteiger partial charge in [0.15, 0.2) is 11.5 Å². The Morgan fingerprint density at radius 2 is 1.79 bits per heavy atom. The molecule has 1 atom stereocenters. The fourth-order valence-corrected chi connectivity index (χ4v) is 4.34. The zero-order valence-electron chi connectivity index (χ0n) is 16.5. The van der Waals surface area contributed by atoms with Crippen LogP contribution in [0.4, 0.5) is 5.69 Å². The van der Waals surface area contributed by atoms with Crippen LogP contribution in [0.1, 0.15) is 17.5 Å². The van der Waals surface area contributed by atoms with Crippen molar-refractivity contribution in [2.24, 2.45) is 5.92 Å². The molecule has 0 aliphatic carbocycles. The Morgan fingerprint density at radius 1 is 1.10 bits per heavy atom. The number of halogens is 1. The summed E-state index contributed by atoms with van der Waals surface area (Å²) in [5.41, 5.74) is 2.87. The molecule has 2 heterocycles. The van der Waals surface area contributed by atoms with Gasteiger partial charge >= 0.3 is 0 Å². The zero-order valence-corrected chi connectivity index (χ0v) is 17.2. The number of nitrogens with zero attached hydrogens (tertiary/aromatic N) is 2. The van der Waals surface area contributed by atoms with Crippen molar-refractivity contribution in [1.82, 2.24) is 4.90 Å². The highest BCUT2D eigenvalue weighted by Gasteiger charge is 2.38. The van der Waals surface area contributed by atoms with Crippen LogP contribution in [0.15, 0.2) is 36.4 Å². The minimum atomic E-state index is -0.361. The van der Waals surface area contributed by atoms with E-state index in [4.69, 9.17) is 21.1 Å². The second-order valence-corrected chi connectivity index (χ2v) is 7.75. The Balaban J connectivity index is 1.50. The minimum absolute atomic E-state index is 0.00772. The fraction of sp³-hybridized carbons (Fsp3) is 0.364. The molecule has 2 aliphatic rings. The van der Waals surface area contributed by atoms with Crippen LogP contribution in [-0.2, 0) is 22.6 Å². The first-order chi connectivity index (χ1) is 14.0. The second kappa shape index (κ2) is 7.95. The monoisotopic (exact) mass is 414 g/mol. The summed E-state index contributed by atoms with van der Waals surface area (Å²) in [6.45, 7) is 1.49. The van der Waals surface area contributed by atoms with Crippen molar-refractivity contribution in [3.63, 3.8) is 0 Å². The molecule has 152 valence electrons. The normalized spacial score (nSPS) is 18.6. The number of fused-ring (bicyclic) bond motifs is 1. The predicted octanol–water partition coefficient (Wildman–Crippen LogP) is 3.30. The quantitative estimate of drug-likeness (QED) is 0.770. The van der Waals surface area contributed by atoms with Gasteiger partial charge in [-0.05, 0) is 41.8 Å². The van der Waals surface area contributed by atoms with Crippen LogP contribution in [0.3, 0.4) is 0 Å². The van der Waals surface area contributed by atoms with Gasteiger partial charge in [-0.3, -0.25) is 9.59 Å². The molecular weight excluding hydrogens is 392 g/mol. The number of hydrogen-bond acceptors (Lipinski definition) is 4. The van der Waals surface area contributed by atoms with Crippen molar-refractivity contribution in [3.8, 4) is 11.5 Å². The van der Waals surface area contributed by atoms with E-state index in [0.29, 0.717) is 41.8 Å². The van der Waals surface area contributed by atoms with Gasteiger partial charge in [-0.15, -0.1) is 0 Å². The lowest BCUT2D eigenvalue weighted by molar-refractivity contribution is -0.136. The van der Waals surface area contributed by atoms with Gasteiger partial charge in [0, 0.05) is 26.1 Å². The van der Waals surface area contributed by atoms with Gasteiger partial charge in [-0.1, -0.05) is 23.7 Å². The highest BCUT2D eigenvalue weighted by molar-refractivity contribution is 6.33. The molecule has 4 rings (SSSR count). The molecule has 0 spiro atoms. The number of hydrogen-bond donors (Lipinski definition) is 0. The van der Waals surface area contributed by atoms with E-state index < -0.39 is 0 Å². The molecule has 2 aromatic carbocycles. The molecule has 2 aromatic rings. The molecule has 6 nitrogen and oxygen atoms in total. The molecule has 2 aliphatic heterocycles. The van der Waals surface area contributed by atoms with Gasteiger partial charge in [0.25, 0.3) is 0 Å². The number of para-hydroxylation sites is 1. The van der Waals surface area contributed by atoms with Crippen molar-refractivity contribution in [2.75, 3.05) is 32.2 Å². The Morgan fingerprint density at radius 3 is 2.48 bits per heavy atom. The Bertz CT molecular complexity index is 962. The summed E-state index contributed by atoms with van der Waals surface area (Å²) < 4.78 is 10.8. The van der Waals surface area contributed by atoms with Gasteiger partial charge in [0.2, 0.25) is 11.8 Å². The van der Waals surface area contributed by atoms with Crippen molar-refractivity contribution in [1.29, 1.82) is 0 Å². The van der Waals surface area contributed by atoms with Crippen LogP contribution in [0, 0.1) is 5.92 Å². The number of rotatable bonds is 4. The third-order valence-electron chi connectivity index (χ3n) is 5.65. The lowest BCUT2D eigenvalue weighted by Gasteiger charge is -2.31. The van der Waals surface area contributed by atoms with E-state index in [0.717, 1.165) is 17.5 Å². The number of anilines is 1. The first-order valence-corrected chi connectivity index (χ1v) is 9.97. The van der Waals surface area contributed by atoms with Gasteiger partial charge < -0.3 is 19.3 Å². The van der Waals surface area contributed by atoms with E-state index in [2.05, 4.69) is 0 Å². The summed E-state index contributed by atoms with van der Waals surface area (Å²) in [4.78, 5) is 29.2. The van der Waals surface area contributed by atoms with E-state index in [1.165, 1.54) is 0 Å². The molecule has 0 saturated carbocycles. The molecule has 2 amide bonds. The number of amides is 2. The summed E-state index contributed by atoms with van der Waals surface area (Å²) in [7, 11) is 3.22. The lowest BCUT2D eigenvalue weighted by atomic mass is 9.97. The molecule has 0 aromatic heterocycles.